The van der Waals surface area contributed by atoms with Crippen LogP contribution >= 0.6 is 0 Å². The van der Waals surface area contributed by atoms with Gasteiger partial charge in [0.15, 0.2) is 0 Å². The van der Waals surface area contributed by atoms with Crippen LogP contribution in [-0.2, 0) is 6.42 Å². The summed E-state index contributed by atoms with van der Waals surface area (Å²) in [5.74, 6) is 1.75. The lowest BCUT2D eigenvalue weighted by molar-refractivity contribution is 0.374. The molecular formula is C19H15FN4O3. The van der Waals surface area contributed by atoms with E-state index < -0.39 is 0 Å². The Bertz CT molecular complexity index is 1070. The number of ether oxygens (including phenoxy) is 1. The summed E-state index contributed by atoms with van der Waals surface area (Å²) in [5, 5.41) is 11.9. The molecule has 2 heterocycles. The molecule has 0 aliphatic carbocycles. The molecule has 0 radical (unpaired) electrons. The summed E-state index contributed by atoms with van der Waals surface area (Å²) >= 11 is 0. The Hall–Kier alpha value is -3.55. The Balaban J connectivity index is 1.51. The van der Waals surface area contributed by atoms with Crippen LogP contribution < -0.4 is 4.74 Å². The van der Waals surface area contributed by atoms with Gasteiger partial charge in [-0.2, -0.15) is 4.98 Å². The standard InChI is InChI=1S/C19H15FN4O3/c1-11-3-4-13(9-15(11)20)19-23-22-17(26-19)10-16-21-18(24-27-16)12-5-7-14(25-2)8-6-12/h3-9H,10H2,1-2H3. The molecule has 0 aliphatic heterocycles. The van der Waals surface area contributed by atoms with Crippen molar-refractivity contribution in [1.29, 1.82) is 0 Å². The topological polar surface area (TPSA) is 87.1 Å². The smallest absolute Gasteiger partial charge is 0.247 e. The Labute approximate surface area is 153 Å². The zero-order valence-electron chi connectivity index (χ0n) is 14.6. The number of nitrogens with zero attached hydrogens (tertiary/aromatic N) is 4. The third kappa shape index (κ3) is 3.55. The van der Waals surface area contributed by atoms with Gasteiger partial charge in [-0.1, -0.05) is 11.2 Å². The number of aryl methyl sites for hydroxylation is 1. The summed E-state index contributed by atoms with van der Waals surface area (Å²) in [6.45, 7) is 1.69. The first-order chi connectivity index (χ1) is 13.1. The highest BCUT2D eigenvalue weighted by Crippen LogP contribution is 2.23. The van der Waals surface area contributed by atoms with E-state index in [-0.39, 0.29) is 18.1 Å². The lowest BCUT2D eigenvalue weighted by Gasteiger charge is -1.98. The molecule has 27 heavy (non-hydrogen) atoms. The van der Waals surface area contributed by atoms with Crippen molar-refractivity contribution in [3.8, 4) is 28.6 Å². The van der Waals surface area contributed by atoms with Crippen LogP contribution in [0.15, 0.2) is 51.4 Å². The van der Waals surface area contributed by atoms with Crippen molar-refractivity contribution in [3.05, 3.63) is 65.6 Å². The molecule has 0 atom stereocenters. The second-order valence-corrected chi connectivity index (χ2v) is 5.88. The first-order valence-electron chi connectivity index (χ1n) is 8.18. The molecule has 0 saturated carbocycles. The van der Waals surface area contributed by atoms with Gasteiger partial charge in [0.25, 0.3) is 0 Å². The van der Waals surface area contributed by atoms with Crippen LogP contribution in [0.3, 0.4) is 0 Å². The van der Waals surface area contributed by atoms with Gasteiger partial charge < -0.3 is 13.7 Å². The van der Waals surface area contributed by atoms with Crippen LogP contribution in [0.1, 0.15) is 17.3 Å². The number of halogens is 1. The Morgan fingerprint density at radius 2 is 1.78 bits per heavy atom. The maximum absolute atomic E-state index is 13.7. The van der Waals surface area contributed by atoms with Crippen LogP contribution in [0.25, 0.3) is 22.8 Å². The fourth-order valence-electron chi connectivity index (χ4n) is 2.48. The van der Waals surface area contributed by atoms with E-state index in [0.29, 0.717) is 28.7 Å². The minimum absolute atomic E-state index is 0.185. The summed E-state index contributed by atoms with van der Waals surface area (Å²) < 4.78 is 29.7. The summed E-state index contributed by atoms with van der Waals surface area (Å²) in [6, 6.07) is 12.1. The van der Waals surface area contributed by atoms with E-state index in [4.69, 9.17) is 13.7 Å². The molecule has 2 aromatic carbocycles. The lowest BCUT2D eigenvalue weighted by atomic mass is 10.1. The number of hydrogen-bond acceptors (Lipinski definition) is 7. The third-order valence-corrected chi connectivity index (χ3v) is 4.00. The number of benzene rings is 2. The molecule has 0 aliphatic rings. The highest BCUT2D eigenvalue weighted by Gasteiger charge is 2.15. The SMILES string of the molecule is COc1ccc(-c2noc(Cc3nnc(-c4ccc(C)c(F)c4)o3)n2)cc1. The molecule has 0 bridgehead atoms. The minimum atomic E-state index is -0.326. The second kappa shape index (κ2) is 6.99. The van der Waals surface area contributed by atoms with Crippen molar-refractivity contribution in [2.45, 2.75) is 13.3 Å². The molecule has 0 fully saturated rings. The first-order valence-corrected chi connectivity index (χ1v) is 8.18. The van der Waals surface area contributed by atoms with Gasteiger partial charge in [0.05, 0.1) is 7.11 Å². The molecule has 0 amide bonds. The van der Waals surface area contributed by atoms with Crippen LogP contribution in [0, 0.1) is 12.7 Å². The van der Waals surface area contributed by atoms with Gasteiger partial charge in [-0.05, 0) is 48.9 Å². The molecule has 0 N–H and O–H groups in total. The van der Waals surface area contributed by atoms with Crippen molar-refractivity contribution >= 4 is 0 Å². The van der Waals surface area contributed by atoms with Crippen molar-refractivity contribution in [2.75, 3.05) is 7.11 Å². The fraction of sp³-hybridized carbons (Fsp3) is 0.158. The van der Waals surface area contributed by atoms with Crippen LogP contribution in [0.2, 0.25) is 0 Å². The number of aromatic nitrogens is 4. The maximum Gasteiger partial charge on any atom is 0.247 e. The molecule has 4 rings (SSSR count). The van der Waals surface area contributed by atoms with E-state index in [1.807, 2.05) is 24.3 Å². The molecular weight excluding hydrogens is 351 g/mol. The predicted molar refractivity (Wildman–Crippen MR) is 93.5 cm³/mol. The average Bonchev–Trinajstić information content (AvgIpc) is 3.34. The average molecular weight is 366 g/mol. The second-order valence-electron chi connectivity index (χ2n) is 5.88. The van der Waals surface area contributed by atoms with E-state index in [1.54, 1.807) is 26.2 Å². The molecule has 7 nitrogen and oxygen atoms in total. The molecule has 8 heteroatoms. The highest BCUT2D eigenvalue weighted by atomic mass is 19.1. The van der Waals surface area contributed by atoms with Gasteiger partial charge in [-0.25, -0.2) is 4.39 Å². The quantitative estimate of drug-likeness (QED) is 0.530. The van der Waals surface area contributed by atoms with Gasteiger partial charge in [0.2, 0.25) is 23.5 Å². The Morgan fingerprint density at radius 3 is 2.52 bits per heavy atom. The fourth-order valence-corrected chi connectivity index (χ4v) is 2.48. The summed E-state index contributed by atoms with van der Waals surface area (Å²) in [4.78, 5) is 4.33. The van der Waals surface area contributed by atoms with Crippen LogP contribution in [0.4, 0.5) is 4.39 Å². The number of hydrogen-bond donors (Lipinski definition) is 0. The Morgan fingerprint density at radius 1 is 1.00 bits per heavy atom. The molecule has 4 aromatic rings. The van der Waals surface area contributed by atoms with Gasteiger partial charge in [0.1, 0.15) is 18.0 Å². The van der Waals surface area contributed by atoms with Crippen molar-refractivity contribution in [3.63, 3.8) is 0 Å². The molecule has 0 saturated heterocycles. The van der Waals surface area contributed by atoms with Gasteiger partial charge in [-0.3, -0.25) is 0 Å². The number of rotatable bonds is 5. The first kappa shape index (κ1) is 16.9. The van der Waals surface area contributed by atoms with Crippen molar-refractivity contribution in [2.24, 2.45) is 0 Å². The van der Waals surface area contributed by atoms with Crippen LogP contribution in [0.5, 0.6) is 5.75 Å². The minimum Gasteiger partial charge on any atom is -0.497 e. The zero-order chi connectivity index (χ0) is 18.8. The molecule has 0 spiro atoms. The maximum atomic E-state index is 13.7. The highest BCUT2D eigenvalue weighted by molar-refractivity contribution is 5.55. The number of methoxy groups -OCH3 is 1. The van der Waals surface area contributed by atoms with E-state index in [0.717, 1.165) is 11.3 Å². The van der Waals surface area contributed by atoms with Gasteiger partial charge in [-0.15, -0.1) is 10.2 Å². The largest absolute Gasteiger partial charge is 0.497 e. The summed E-state index contributed by atoms with van der Waals surface area (Å²) in [7, 11) is 1.60. The lowest BCUT2D eigenvalue weighted by Crippen LogP contribution is -1.89. The van der Waals surface area contributed by atoms with Crippen LogP contribution in [-0.4, -0.2) is 27.4 Å². The van der Waals surface area contributed by atoms with Gasteiger partial charge >= 0.3 is 0 Å². The van der Waals surface area contributed by atoms with E-state index in [2.05, 4.69) is 20.3 Å². The molecule has 136 valence electrons. The Kier molecular flexibility index (Phi) is 4.37. The van der Waals surface area contributed by atoms with E-state index in [1.165, 1.54) is 6.07 Å². The monoisotopic (exact) mass is 366 g/mol. The van der Waals surface area contributed by atoms with Gasteiger partial charge in [0, 0.05) is 11.1 Å². The molecule has 2 aromatic heterocycles. The van der Waals surface area contributed by atoms with E-state index in [9.17, 15) is 4.39 Å². The van der Waals surface area contributed by atoms with E-state index >= 15 is 0 Å². The summed E-state index contributed by atoms with van der Waals surface area (Å²) in [5.41, 5.74) is 1.86. The predicted octanol–water partition coefficient (Wildman–Crippen LogP) is 3.83. The third-order valence-electron chi connectivity index (χ3n) is 4.00. The zero-order valence-corrected chi connectivity index (χ0v) is 14.6. The van der Waals surface area contributed by atoms with Crippen molar-refractivity contribution in [1.82, 2.24) is 20.3 Å². The summed E-state index contributed by atoms with van der Waals surface area (Å²) in [6.07, 6.45) is 0.185. The normalized spacial score (nSPS) is 10.9. The van der Waals surface area contributed by atoms with Crippen molar-refractivity contribution < 1.29 is 18.1 Å². The molecule has 0 unspecified atom stereocenters.